The summed E-state index contributed by atoms with van der Waals surface area (Å²) in [6, 6.07) is 9.92. The zero-order valence-corrected chi connectivity index (χ0v) is 18.0. The van der Waals surface area contributed by atoms with Gasteiger partial charge in [0.25, 0.3) is 5.56 Å². The maximum Gasteiger partial charge on any atom is 0.254 e. The van der Waals surface area contributed by atoms with Gasteiger partial charge in [0, 0.05) is 31.0 Å². The zero-order chi connectivity index (χ0) is 20.4. The molecule has 0 spiro atoms. The summed E-state index contributed by atoms with van der Waals surface area (Å²) in [4.78, 5) is 15.0. The molecule has 0 fully saturated rings. The monoisotopic (exact) mass is 384 g/mol. The van der Waals surface area contributed by atoms with E-state index in [2.05, 4.69) is 50.8 Å². The van der Waals surface area contributed by atoms with Crippen molar-refractivity contribution in [3.63, 3.8) is 0 Å². The molecule has 1 heterocycles. The van der Waals surface area contributed by atoms with E-state index in [4.69, 9.17) is 4.74 Å². The highest BCUT2D eigenvalue weighted by Crippen LogP contribution is 2.24. The van der Waals surface area contributed by atoms with Gasteiger partial charge in [-0.3, -0.25) is 4.79 Å². The molecule has 0 saturated carbocycles. The number of hydrogen-bond donors (Lipinski definition) is 0. The normalized spacial score (nSPS) is 10.9. The topological polar surface area (TPSA) is 34.5 Å². The highest BCUT2D eigenvalue weighted by Gasteiger charge is 2.11. The second-order valence-electron chi connectivity index (χ2n) is 7.43. The molecule has 0 unspecified atom stereocenters. The van der Waals surface area contributed by atoms with Crippen LogP contribution in [-0.4, -0.2) is 24.3 Å². The molecule has 1 aromatic carbocycles. The number of aromatic nitrogens is 1. The Labute approximate surface area is 170 Å². The van der Waals surface area contributed by atoms with E-state index in [1.807, 2.05) is 12.3 Å². The molecule has 0 N–H and O–H groups in total. The van der Waals surface area contributed by atoms with Crippen molar-refractivity contribution in [3.8, 4) is 5.75 Å². The Bertz CT molecular complexity index is 776. The maximum atomic E-state index is 12.5. The Balaban J connectivity index is 2.15. The lowest BCUT2D eigenvalue weighted by Crippen LogP contribution is -2.26. The zero-order valence-electron chi connectivity index (χ0n) is 18.0. The van der Waals surface area contributed by atoms with Crippen LogP contribution in [0.5, 0.6) is 5.75 Å². The molecule has 0 atom stereocenters. The van der Waals surface area contributed by atoms with Gasteiger partial charge in [-0.05, 0) is 49.4 Å². The number of pyridine rings is 1. The molecule has 1 aromatic heterocycles. The van der Waals surface area contributed by atoms with Crippen LogP contribution < -0.4 is 15.2 Å². The van der Waals surface area contributed by atoms with E-state index in [-0.39, 0.29) is 5.56 Å². The molecule has 0 radical (unpaired) electrons. The van der Waals surface area contributed by atoms with Crippen molar-refractivity contribution in [2.24, 2.45) is 0 Å². The van der Waals surface area contributed by atoms with Gasteiger partial charge in [0.2, 0.25) is 0 Å². The highest BCUT2D eigenvalue weighted by atomic mass is 16.5. The van der Waals surface area contributed by atoms with Crippen LogP contribution in [0.3, 0.4) is 0 Å². The largest absolute Gasteiger partial charge is 0.493 e. The van der Waals surface area contributed by atoms with E-state index in [0.29, 0.717) is 18.9 Å². The third kappa shape index (κ3) is 6.15. The lowest BCUT2D eigenvalue weighted by Gasteiger charge is -2.27. The van der Waals surface area contributed by atoms with E-state index >= 15 is 0 Å². The fourth-order valence-corrected chi connectivity index (χ4v) is 3.51. The minimum atomic E-state index is -0.0169. The van der Waals surface area contributed by atoms with Crippen LogP contribution in [-0.2, 0) is 6.54 Å². The van der Waals surface area contributed by atoms with E-state index < -0.39 is 0 Å². The minimum Gasteiger partial charge on any atom is -0.493 e. The molecule has 2 rings (SSSR count). The van der Waals surface area contributed by atoms with Crippen LogP contribution in [0.2, 0.25) is 0 Å². The number of hydrogen-bond acceptors (Lipinski definition) is 3. The average Bonchev–Trinajstić information content (AvgIpc) is 2.68. The average molecular weight is 385 g/mol. The first-order valence-electron chi connectivity index (χ1n) is 10.8. The molecule has 2 aromatic rings. The third-order valence-electron chi connectivity index (χ3n) is 5.07. The van der Waals surface area contributed by atoms with Crippen molar-refractivity contribution in [1.29, 1.82) is 0 Å². The summed E-state index contributed by atoms with van der Waals surface area (Å²) in [5.41, 5.74) is 3.71. The van der Waals surface area contributed by atoms with Crippen LogP contribution in [0.25, 0.3) is 0 Å². The summed E-state index contributed by atoms with van der Waals surface area (Å²) in [6.45, 7) is 12.1. The SMILES string of the molecule is CCCCCOc1ccn(Cc2cccc(N(CCC)CCC)c2C)c(=O)c1. The van der Waals surface area contributed by atoms with Crippen LogP contribution >= 0.6 is 0 Å². The Morgan fingerprint density at radius 3 is 2.39 bits per heavy atom. The minimum absolute atomic E-state index is 0.0169. The van der Waals surface area contributed by atoms with Gasteiger partial charge in [-0.1, -0.05) is 45.7 Å². The summed E-state index contributed by atoms with van der Waals surface area (Å²) in [5, 5.41) is 0. The van der Waals surface area contributed by atoms with Crippen molar-refractivity contribution in [2.45, 2.75) is 66.3 Å². The number of anilines is 1. The van der Waals surface area contributed by atoms with Crippen molar-refractivity contribution in [2.75, 3.05) is 24.6 Å². The van der Waals surface area contributed by atoms with E-state index in [9.17, 15) is 4.79 Å². The predicted octanol–water partition coefficient (Wildman–Crippen LogP) is 5.40. The second kappa shape index (κ2) is 11.6. The van der Waals surface area contributed by atoms with Gasteiger partial charge in [0.15, 0.2) is 0 Å². The number of ether oxygens (including phenoxy) is 1. The van der Waals surface area contributed by atoms with Crippen molar-refractivity contribution in [1.82, 2.24) is 4.57 Å². The molecule has 0 amide bonds. The molecule has 0 aliphatic heterocycles. The summed E-state index contributed by atoms with van der Waals surface area (Å²) in [6.07, 6.45) is 7.44. The van der Waals surface area contributed by atoms with Crippen LogP contribution in [0.4, 0.5) is 5.69 Å². The molecule has 0 bridgehead atoms. The summed E-state index contributed by atoms with van der Waals surface area (Å²) < 4.78 is 7.46. The summed E-state index contributed by atoms with van der Waals surface area (Å²) in [5.74, 6) is 0.667. The first-order valence-corrected chi connectivity index (χ1v) is 10.8. The van der Waals surface area contributed by atoms with Crippen LogP contribution in [0.1, 0.15) is 64.0 Å². The molecule has 154 valence electrons. The molecule has 0 saturated heterocycles. The van der Waals surface area contributed by atoms with Crippen LogP contribution in [0, 0.1) is 6.92 Å². The smallest absolute Gasteiger partial charge is 0.254 e. The fourth-order valence-electron chi connectivity index (χ4n) is 3.51. The van der Waals surface area contributed by atoms with Gasteiger partial charge in [-0.25, -0.2) is 0 Å². The van der Waals surface area contributed by atoms with Gasteiger partial charge >= 0.3 is 0 Å². The van der Waals surface area contributed by atoms with E-state index in [1.54, 1.807) is 10.6 Å². The first kappa shape index (κ1) is 22.1. The highest BCUT2D eigenvalue weighted by molar-refractivity contribution is 5.56. The van der Waals surface area contributed by atoms with Gasteiger partial charge in [0.05, 0.1) is 13.2 Å². The van der Waals surface area contributed by atoms with Gasteiger partial charge in [0.1, 0.15) is 5.75 Å². The number of unbranched alkanes of at least 4 members (excludes halogenated alkanes) is 2. The Hall–Kier alpha value is -2.23. The summed E-state index contributed by atoms with van der Waals surface area (Å²) in [7, 11) is 0. The lowest BCUT2D eigenvalue weighted by atomic mass is 10.0. The number of nitrogens with zero attached hydrogens (tertiary/aromatic N) is 2. The molecule has 0 aliphatic carbocycles. The Morgan fingerprint density at radius 2 is 1.75 bits per heavy atom. The molecule has 28 heavy (non-hydrogen) atoms. The lowest BCUT2D eigenvalue weighted by molar-refractivity contribution is 0.305. The van der Waals surface area contributed by atoms with Crippen molar-refractivity contribution in [3.05, 3.63) is 58.0 Å². The molecule has 4 nitrogen and oxygen atoms in total. The van der Waals surface area contributed by atoms with E-state index in [0.717, 1.165) is 45.2 Å². The van der Waals surface area contributed by atoms with Gasteiger partial charge in [-0.2, -0.15) is 0 Å². The quantitative estimate of drug-likeness (QED) is 0.460. The number of benzene rings is 1. The Morgan fingerprint density at radius 1 is 1.00 bits per heavy atom. The van der Waals surface area contributed by atoms with Crippen molar-refractivity contribution >= 4 is 5.69 Å². The second-order valence-corrected chi connectivity index (χ2v) is 7.43. The number of rotatable bonds is 12. The molecular weight excluding hydrogens is 348 g/mol. The van der Waals surface area contributed by atoms with Crippen LogP contribution in [0.15, 0.2) is 41.3 Å². The van der Waals surface area contributed by atoms with Gasteiger partial charge < -0.3 is 14.2 Å². The Kier molecular flexibility index (Phi) is 9.12. The predicted molar refractivity (Wildman–Crippen MR) is 119 cm³/mol. The first-order chi connectivity index (χ1) is 13.6. The molecule has 0 aliphatic rings. The standard InChI is InChI=1S/C24H36N2O2/c1-5-8-9-17-28-22-13-16-26(24(27)18-22)19-21-11-10-12-23(20(21)4)25(14-6-2)15-7-3/h10-13,16,18H,5-9,14-15,17,19H2,1-4H3. The maximum absolute atomic E-state index is 12.5. The van der Waals surface area contributed by atoms with E-state index in [1.165, 1.54) is 16.8 Å². The molecule has 4 heteroatoms. The van der Waals surface area contributed by atoms with Crippen molar-refractivity contribution < 1.29 is 4.74 Å². The molecular formula is C24H36N2O2. The third-order valence-corrected chi connectivity index (χ3v) is 5.07. The fraction of sp³-hybridized carbons (Fsp3) is 0.542. The van der Waals surface area contributed by atoms with Gasteiger partial charge in [-0.15, -0.1) is 0 Å². The summed E-state index contributed by atoms with van der Waals surface area (Å²) >= 11 is 0.